The molecule has 17 aromatic carbocycles. The molecule has 0 radical (unpaired) electrons. The number of hydrogen-bond acceptors (Lipinski definition) is 3. The third-order valence-corrected chi connectivity index (χ3v) is 35.5. The maximum Gasteiger partial charge on any atom is 0.252 e. The van der Waals surface area contributed by atoms with Crippen LogP contribution < -0.4 is 72.6 Å². The number of rotatable bonds is 15. The molecule has 3 nitrogen and oxygen atoms in total. The van der Waals surface area contributed by atoms with Gasteiger partial charge < -0.3 is 14.7 Å². The van der Waals surface area contributed by atoms with E-state index in [1.54, 1.807) is 0 Å². The highest BCUT2D eigenvalue weighted by Crippen LogP contribution is 2.59. The number of para-hydroxylation sites is 2. The summed E-state index contributed by atoms with van der Waals surface area (Å²) in [6.07, 6.45) is 0. The number of anilines is 9. The van der Waals surface area contributed by atoms with Gasteiger partial charge in [-0.25, -0.2) is 0 Å². The van der Waals surface area contributed by atoms with Crippen molar-refractivity contribution >= 4 is 132 Å². The van der Waals surface area contributed by atoms with Crippen LogP contribution in [0.5, 0.6) is 0 Å². The van der Waals surface area contributed by atoms with Gasteiger partial charge in [0.05, 0.1) is 22.5 Å². The van der Waals surface area contributed by atoms with Crippen molar-refractivity contribution < 1.29 is 0 Å². The lowest BCUT2D eigenvalue weighted by Crippen LogP contribution is -2.74. The quantitative estimate of drug-likeness (QED) is 0.0748. The molecule has 6 heteroatoms. The Morgan fingerprint density at radius 1 is 0.235 bits per heavy atom. The molecular weight excluding hydrogens is 1470 g/mol. The normalized spacial score (nSPS) is 13.4. The summed E-state index contributed by atoms with van der Waals surface area (Å²) in [5.41, 5.74) is 27.6. The Balaban J connectivity index is 0.897. The predicted octanol–water partition coefficient (Wildman–Crippen LogP) is 21.2. The summed E-state index contributed by atoms with van der Waals surface area (Å²) in [5.74, 6) is 0. The average Bonchev–Trinajstić information content (AvgIpc) is 0.686. The smallest absolute Gasteiger partial charge is 0.252 e. The second-order valence-corrected chi connectivity index (χ2v) is 42.5. The van der Waals surface area contributed by atoms with Gasteiger partial charge in [0.2, 0.25) is 0 Å². The largest absolute Gasteiger partial charge is 0.311 e. The monoisotopic (exact) mass is 1560 g/mol. The molecule has 119 heavy (non-hydrogen) atoms. The molecule has 0 bridgehead atoms. The Morgan fingerprint density at radius 2 is 0.513 bits per heavy atom. The Hall–Kier alpha value is -13.4. The predicted molar refractivity (Wildman–Crippen MR) is 512 cm³/mol. The first kappa shape index (κ1) is 74.5. The molecule has 0 saturated carbocycles. The van der Waals surface area contributed by atoms with E-state index in [0.717, 1.165) is 51.2 Å². The van der Waals surface area contributed by atoms with Gasteiger partial charge in [-0.2, -0.15) is 0 Å². The molecule has 0 atom stereocenters. The fourth-order valence-corrected chi connectivity index (χ4v) is 29.6. The summed E-state index contributed by atoms with van der Waals surface area (Å²) in [6.45, 7) is 18.0. The molecule has 0 saturated heterocycles. The molecule has 0 unspecified atom stereocenters. The molecule has 0 aromatic heterocycles. The minimum Gasteiger partial charge on any atom is -0.311 e. The molecule has 572 valence electrons. The van der Waals surface area contributed by atoms with Crippen LogP contribution in [0.25, 0.3) is 22.3 Å². The lowest BCUT2D eigenvalue weighted by Gasteiger charge is -2.48. The fourth-order valence-electron chi connectivity index (χ4n) is 20.1. The zero-order chi connectivity index (χ0) is 80.8. The highest BCUT2D eigenvalue weighted by Gasteiger charge is 2.50. The lowest BCUT2D eigenvalue weighted by atomic mass is 9.33. The number of nitrogens with zero attached hydrogens (tertiary/aromatic N) is 3. The van der Waals surface area contributed by atoms with Crippen LogP contribution in [0.15, 0.2) is 425 Å². The minimum atomic E-state index is -3.00. The van der Waals surface area contributed by atoms with E-state index < -0.39 is 21.6 Å². The van der Waals surface area contributed by atoms with E-state index in [-0.39, 0.29) is 17.5 Å². The van der Waals surface area contributed by atoms with E-state index in [1.165, 1.54) is 125 Å². The van der Waals surface area contributed by atoms with Crippen molar-refractivity contribution in [1.29, 1.82) is 0 Å². The van der Waals surface area contributed by atoms with Crippen molar-refractivity contribution in [2.75, 3.05) is 14.7 Å². The number of hydrogen-bond donors (Lipinski definition) is 0. The Bertz CT molecular complexity index is 6000. The average molecular weight is 1560 g/mol. The zero-order valence-corrected chi connectivity index (χ0v) is 70.8. The summed E-state index contributed by atoms with van der Waals surface area (Å²) in [7, 11) is -5.99. The second-order valence-electron chi connectivity index (χ2n) is 34.8. The Kier molecular flexibility index (Phi) is 18.6. The van der Waals surface area contributed by atoms with E-state index >= 15 is 0 Å². The summed E-state index contributed by atoms with van der Waals surface area (Å²) >= 11 is 0. The summed E-state index contributed by atoms with van der Waals surface area (Å²) in [4.78, 5) is 7.90. The van der Waals surface area contributed by atoms with Crippen molar-refractivity contribution in [2.24, 2.45) is 0 Å². The highest BCUT2D eigenvalue weighted by molar-refractivity contribution is 7.20. The van der Waals surface area contributed by atoms with Crippen molar-refractivity contribution in [2.45, 2.75) is 71.6 Å². The molecular formula is C113H94BN3Si2. The van der Waals surface area contributed by atoms with E-state index in [2.05, 4.69) is 495 Å². The first-order valence-corrected chi connectivity index (χ1v) is 46.1. The van der Waals surface area contributed by atoms with Crippen LogP contribution in [0.4, 0.5) is 51.2 Å². The number of aryl methyl sites for hydroxylation is 2. The van der Waals surface area contributed by atoms with E-state index in [9.17, 15) is 0 Å². The molecule has 3 aliphatic heterocycles. The van der Waals surface area contributed by atoms with Gasteiger partial charge in [-0.05, 0) is 199 Å². The topological polar surface area (TPSA) is 9.72 Å². The van der Waals surface area contributed by atoms with E-state index in [1.807, 2.05) is 0 Å². The summed E-state index contributed by atoms with van der Waals surface area (Å²) in [6, 6.07) is 164. The van der Waals surface area contributed by atoms with Crippen LogP contribution in [-0.4, -0.2) is 22.9 Å². The Morgan fingerprint density at radius 3 is 0.824 bits per heavy atom. The SMILES string of the molecule is Cc1ccc(C2(c3ccc(C)cc3)c3ccccc3N(c3cc4c5c(c3)N(c3ccc([Si](c6ccccc6)(c6ccccc6)c6ccccc6)cc3)c3ccc(-c6ccc(C(C)(C)C)cc6)cc3B5c3cc(-c5ccc(C(C)(C)C)cc5)ccc3N4c3ccc([Si](c4ccccc4)(c4ccccc4)c4ccccc4)cc3)c3ccccc32)cc1. The molecule has 0 aliphatic carbocycles. The first-order chi connectivity index (χ1) is 58.1. The van der Waals surface area contributed by atoms with E-state index in [4.69, 9.17) is 0 Å². The van der Waals surface area contributed by atoms with Crippen molar-refractivity contribution in [3.63, 3.8) is 0 Å². The zero-order valence-electron chi connectivity index (χ0n) is 68.8. The molecule has 17 aromatic rings. The summed E-state index contributed by atoms with van der Waals surface area (Å²) in [5, 5.41) is 10.6. The highest BCUT2D eigenvalue weighted by atomic mass is 28.3. The van der Waals surface area contributed by atoms with Gasteiger partial charge in [-0.1, -0.05) is 417 Å². The third kappa shape index (κ3) is 12.4. The van der Waals surface area contributed by atoms with Gasteiger partial charge in [0.1, 0.15) is 0 Å². The van der Waals surface area contributed by atoms with Crippen LogP contribution in [-0.2, 0) is 16.2 Å². The first-order valence-electron chi connectivity index (χ1n) is 42.1. The minimum absolute atomic E-state index is 0.0158. The molecule has 20 rings (SSSR count). The van der Waals surface area contributed by atoms with Gasteiger partial charge in [0.25, 0.3) is 6.71 Å². The number of benzene rings is 17. The maximum absolute atomic E-state index is 3.00. The molecule has 0 amide bonds. The second kappa shape index (κ2) is 29.7. The number of fused-ring (bicyclic) bond motifs is 6. The van der Waals surface area contributed by atoms with Crippen molar-refractivity contribution in [3.05, 3.63) is 469 Å². The maximum atomic E-state index is 2.65. The van der Waals surface area contributed by atoms with Crippen LogP contribution in [0.2, 0.25) is 0 Å². The van der Waals surface area contributed by atoms with Gasteiger partial charge in [0.15, 0.2) is 16.1 Å². The van der Waals surface area contributed by atoms with Gasteiger partial charge >= 0.3 is 0 Å². The third-order valence-electron chi connectivity index (χ3n) is 25.9. The van der Waals surface area contributed by atoms with Crippen LogP contribution >= 0.6 is 0 Å². The van der Waals surface area contributed by atoms with Crippen LogP contribution in [0.1, 0.15) is 86.1 Å². The fraction of sp³-hybridized carbons (Fsp3) is 0.0973. The molecule has 3 aliphatic rings. The molecule has 3 heterocycles. The van der Waals surface area contributed by atoms with Gasteiger partial charge in [-0.15, -0.1) is 0 Å². The van der Waals surface area contributed by atoms with Crippen LogP contribution in [0.3, 0.4) is 0 Å². The molecule has 0 spiro atoms. The Labute approximate surface area is 704 Å². The van der Waals surface area contributed by atoms with E-state index in [0.29, 0.717) is 0 Å². The summed E-state index contributed by atoms with van der Waals surface area (Å²) < 4.78 is 0. The van der Waals surface area contributed by atoms with Gasteiger partial charge in [-0.3, -0.25) is 0 Å². The van der Waals surface area contributed by atoms with Crippen LogP contribution in [0, 0.1) is 13.8 Å². The van der Waals surface area contributed by atoms with Crippen molar-refractivity contribution in [3.8, 4) is 22.3 Å². The standard InChI is InChI=1S/C113H94BN3Si2/c1-79-47-57-87(58-48-79)113(88-59-49-80(2)50-60-88)100-43-27-29-45-104(100)117(105-46-30-28-44-101(105)113)91-77-108-110-109(78-91)116(90-67-71-99(72-68-90)119(95-37-21-12-22-38-95,96-39-23-13-24-40-96)97-41-25-14-26-42-97)107-74-56-84(82-53-63-86(64-54-82)112(6,7)8)76-103(107)114(110)102-75-83(81-51-61-85(62-52-81)111(3,4)5)55-73-106(102)115(108)89-65-69-98(70-66-89)118(92-31-15-9-16-32-92,93-33-17-10-18-34-93)94-35-19-11-20-36-94/h9-78H,1-8H3. The molecule has 0 N–H and O–H groups in total. The molecule has 0 fully saturated rings. The van der Waals surface area contributed by atoms with Crippen molar-refractivity contribution in [1.82, 2.24) is 0 Å². The lowest BCUT2D eigenvalue weighted by molar-refractivity contribution is 0.590. The van der Waals surface area contributed by atoms with Gasteiger partial charge in [0, 0.05) is 34.1 Å².